The zero-order valence-electron chi connectivity index (χ0n) is 18.4. The molecule has 0 spiro atoms. The number of ether oxygens (including phenoxy) is 1. The van der Waals surface area contributed by atoms with Crippen molar-refractivity contribution < 1.29 is 23.6 Å². The Hall–Kier alpha value is -4.03. The number of nitrogens with zero attached hydrogens (tertiary/aromatic N) is 3. The quantitative estimate of drug-likeness (QED) is 0.192. The molecule has 0 saturated carbocycles. The Morgan fingerprint density at radius 1 is 1.03 bits per heavy atom. The Balaban J connectivity index is 1.31. The van der Waals surface area contributed by atoms with E-state index in [1.54, 1.807) is 37.3 Å². The summed E-state index contributed by atoms with van der Waals surface area (Å²) in [5, 5.41) is 17.3. The number of benzene rings is 2. The molecular formula is C23H19N5O5S2. The molecule has 0 fully saturated rings. The van der Waals surface area contributed by atoms with E-state index in [2.05, 4.69) is 26.0 Å². The lowest BCUT2D eigenvalue weighted by Crippen LogP contribution is -2.17. The van der Waals surface area contributed by atoms with E-state index in [0.29, 0.717) is 15.8 Å². The number of esters is 1. The van der Waals surface area contributed by atoms with Gasteiger partial charge < -0.3 is 14.6 Å². The van der Waals surface area contributed by atoms with E-state index in [1.807, 2.05) is 30.3 Å². The molecule has 0 saturated heterocycles. The second-order valence-electron chi connectivity index (χ2n) is 6.87. The summed E-state index contributed by atoms with van der Waals surface area (Å²) in [4.78, 5) is 36.9. The van der Waals surface area contributed by atoms with Crippen molar-refractivity contribution in [3.63, 3.8) is 0 Å². The third-order valence-electron chi connectivity index (χ3n) is 4.45. The first-order valence-electron chi connectivity index (χ1n) is 10.4. The van der Waals surface area contributed by atoms with Crippen LogP contribution in [-0.2, 0) is 9.53 Å². The van der Waals surface area contributed by atoms with Crippen LogP contribution in [0.25, 0.3) is 11.3 Å². The number of amides is 2. The van der Waals surface area contributed by atoms with Crippen LogP contribution < -0.4 is 10.6 Å². The molecule has 0 atom stereocenters. The van der Waals surface area contributed by atoms with Crippen molar-refractivity contribution in [1.82, 2.24) is 15.4 Å². The number of carbonyl (C=O) groups excluding carboxylic acids is 3. The lowest BCUT2D eigenvalue weighted by atomic mass is 10.1. The first-order valence-corrected chi connectivity index (χ1v) is 12.2. The summed E-state index contributed by atoms with van der Waals surface area (Å²) in [5.41, 5.74) is 1.55. The van der Waals surface area contributed by atoms with E-state index in [-0.39, 0.29) is 34.7 Å². The fraction of sp³-hybridized carbons (Fsp3) is 0.130. The standard InChI is InChI=1S/C23H19N5O5S2/c1-2-32-21(31)15-10-6-7-11-16(15)24-19(29)13-34-23-27-26-22(35-23)25-20(30)17-12-18(33-28-17)14-8-4-3-5-9-14/h3-12H,2,13H2,1H3,(H,24,29)(H,25,26,30). The van der Waals surface area contributed by atoms with Crippen LogP contribution >= 0.6 is 23.1 Å². The number of nitrogens with one attached hydrogen (secondary N) is 2. The highest BCUT2D eigenvalue weighted by Crippen LogP contribution is 2.27. The zero-order valence-corrected chi connectivity index (χ0v) is 20.0. The molecule has 0 unspecified atom stereocenters. The van der Waals surface area contributed by atoms with Gasteiger partial charge in [0.15, 0.2) is 15.8 Å². The predicted molar refractivity (Wildman–Crippen MR) is 132 cm³/mol. The maximum absolute atomic E-state index is 12.5. The van der Waals surface area contributed by atoms with Gasteiger partial charge in [0.2, 0.25) is 11.0 Å². The number of carbonyl (C=O) groups is 3. The summed E-state index contributed by atoms with van der Waals surface area (Å²) in [7, 11) is 0. The van der Waals surface area contributed by atoms with Gasteiger partial charge in [0.25, 0.3) is 5.91 Å². The molecule has 178 valence electrons. The van der Waals surface area contributed by atoms with Crippen molar-refractivity contribution in [2.75, 3.05) is 23.0 Å². The summed E-state index contributed by atoms with van der Waals surface area (Å²) < 4.78 is 10.7. The van der Waals surface area contributed by atoms with Crippen molar-refractivity contribution >= 4 is 51.7 Å². The number of hydrogen-bond donors (Lipinski definition) is 2. The molecule has 2 aromatic heterocycles. The monoisotopic (exact) mass is 509 g/mol. The largest absolute Gasteiger partial charge is 0.462 e. The molecule has 12 heteroatoms. The van der Waals surface area contributed by atoms with Gasteiger partial charge in [-0.1, -0.05) is 70.7 Å². The Morgan fingerprint density at radius 3 is 2.60 bits per heavy atom. The Bertz CT molecular complexity index is 1340. The number of rotatable bonds is 9. The molecule has 2 N–H and O–H groups in total. The zero-order chi connectivity index (χ0) is 24.6. The number of para-hydroxylation sites is 1. The van der Waals surface area contributed by atoms with Gasteiger partial charge in [0.05, 0.1) is 23.6 Å². The van der Waals surface area contributed by atoms with Gasteiger partial charge in [0.1, 0.15) is 0 Å². The van der Waals surface area contributed by atoms with Crippen LogP contribution in [0.5, 0.6) is 0 Å². The van der Waals surface area contributed by atoms with E-state index in [1.165, 1.54) is 0 Å². The van der Waals surface area contributed by atoms with E-state index >= 15 is 0 Å². The van der Waals surface area contributed by atoms with Crippen LogP contribution in [-0.4, -0.2) is 45.5 Å². The second kappa shape index (κ2) is 11.4. The van der Waals surface area contributed by atoms with Crippen LogP contribution in [0, 0.1) is 0 Å². The summed E-state index contributed by atoms with van der Waals surface area (Å²) in [6.07, 6.45) is 0. The topological polar surface area (TPSA) is 136 Å². The third kappa shape index (κ3) is 6.31. The minimum atomic E-state index is -0.511. The SMILES string of the molecule is CCOC(=O)c1ccccc1NC(=O)CSc1nnc(NC(=O)c2cc(-c3ccccc3)on2)s1. The highest BCUT2D eigenvalue weighted by atomic mass is 32.2. The van der Waals surface area contributed by atoms with Crippen LogP contribution in [0.15, 0.2) is 69.5 Å². The lowest BCUT2D eigenvalue weighted by Gasteiger charge is -2.09. The van der Waals surface area contributed by atoms with Gasteiger partial charge >= 0.3 is 5.97 Å². The smallest absolute Gasteiger partial charge is 0.340 e. The molecule has 0 radical (unpaired) electrons. The average molecular weight is 510 g/mol. The third-order valence-corrected chi connectivity index (χ3v) is 6.42. The van der Waals surface area contributed by atoms with Crippen molar-refractivity contribution in [3.05, 3.63) is 71.9 Å². The summed E-state index contributed by atoms with van der Waals surface area (Å²) in [5.74, 6) is -0.826. The fourth-order valence-corrected chi connectivity index (χ4v) is 4.44. The maximum atomic E-state index is 12.5. The molecule has 4 aromatic rings. The minimum absolute atomic E-state index is 0.0312. The number of hydrogen-bond acceptors (Lipinski definition) is 10. The van der Waals surface area contributed by atoms with Gasteiger partial charge in [-0.3, -0.25) is 14.9 Å². The number of aromatic nitrogens is 3. The van der Waals surface area contributed by atoms with Crippen LogP contribution in [0.1, 0.15) is 27.8 Å². The van der Waals surface area contributed by atoms with E-state index in [0.717, 1.165) is 28.7 Å². The first kappa shape index (κ1) is 24.1. The number of thioether (sulfide) groups is 1. The summed E-state index contributed by atoms with van der Waals surface area (Å²) >= 11 is 2.27. The van der Waals surface area contributed by atoms with Crippen LogP contribution in [0.4, 0.5) is 10.8 Å². The molecule has 2 heterocycles. The van der Waals surface area contributed by atoms with E-state index in [9.17, 15) is 14.4 Å². The van der Waals surface area contributed by atoms with E-state index < -0.39 is 11.9 Å². The van der Waals surface area contributed by atoms with Crippen LogP contribution in [0.2, 0.25) is 0 Å². The fourth-order valence-electron chi connectivity index (χ4n) is 2.89. The molecule has 2 aromatic carbocycles. The molecule has 0 aliphatic rings. The van der Waals surface area contributed by atoms with Gasteiger partial charge in [-0.2, -0.15) is 0 Å². The minimum Gasteiger partial charge on any atom is -0.462 e. The maximum Gasteiger partial charge on any atom is 0.340 e. The van der Waals surface area contributed by atoms with Crippen molar-refractivity contribution in [2.45, 2.75) is 11.3 Å². The van der Waals surface area contributed by atoms with Crippen molar-refractivity contribution in [3.8, 4) is 11.3 Å². The Morgan fingerprint density at radius 2 is 1.80 bits per heavy atom. The molecule has 35 heavy (non-hydrogen) atoms. The number of anilines is 2. The van der Waals surface area contributed by atoms with Crippen molar-refractivity contribution in [1.29, 1.82) is 0 Å². The normalized spacial score (nSPS) is 10.5. The van der Waals surface area contributed by atoms with E-state index in [4.69, 9.17) is 9.26 Å². The Kier molecular flexibility index (Phi) is 7.85. The molecular weight excluding hydrogens is 490 g/mol. The van der Waals surface area contributed by atoms with Crippen LogP contribution in [0.3, 0.4) is 0 Å². The Labute approximate surface area is 208 Å². The first-order chi connectivity index (χ1) is 17.0. The second-order valence-corrected chi connectivity index (χ2v) is 9.07. The van der Waals surface area contributed by atoms with Gasteiger partial charge in [0, 0.05) is 11.6 Å². The molecule has 0 aliphatic heterocycles. The highest BCUT2D eigenvalue weighted by Gasteiger charge is 2.17. The summed E-state index contributed by atoms with van der Waals surface area (Å²) in [6, 6.07) is 17.4. The van der Waals surface area contributed by atoms with Gasteiger partial charge in [-0.15, -0.1) is 10.2 Å². The molecule has 0 aliphatic carbocycles. The highest BCUT2D eigenvalue weighted by molar-refractivity contribution is 8.01. The van der Waals surface area contributed by atoms with Gasteiger partial charge in [-0.05, 0) is 19.1 Å². The summed E-state index contributed by atoms with van der Waals surface area (Å²) in [6.45, 7) is 1.94. The molecule has 0 bridgehead atoms. The lowest BCUT2D eigenvalue weighted by molar-refractivity contribution is -0.113. The molecule has 2 amide bonds. The van der Waals surface area contributed by atoms with Gasteiger partial charge in [-0.25, -0.2) is 4.79 Å². The molecule has 10 nitrogen and oxygen atoms in total. The molecule has 4 rings (SSSR count). The van der Waals surface area contributed by atoms with Crippen molar-refractivity contribution in [2.24, 2.45) is 0 Å². The average Bonchev–Trinajstić information content (AvgIpc) is 3.54. The predicted octanol–water partition coefficient (Wildman–Crippen LogP) is 4.35.